The Hall–Kier alpha value is -2.23. The molecule has 9 heteroatoms. The van der Waals surface area contributed by atoms with Crippen LogP contribution in [0.4, 0.5) is 0 Å². The molecule has 0 atom stereocenters. The van der Waals surface area contributed by atoms with Gasteiger partial charge in [-0.3, -0.25) is 4.79 Å². The first-order valence-corrected chi connectivity index (χ1v) is 10.9. The van der Waals surface area contributed by atoms with Crippen LogP contribution in [0.3, 0.4) is 0 Å². The van der Waals surface area contributed by atoms with Gasteiger partial charge in [0.15, 0.2) is 6.61 Å². The van der Waals surface area contributed by atoms with Crippen molar-refractivity contribution in [2.45, 2.75) is 5.75 Å². The molecule has 3 rings (SSSR count). The largest absolute Gasteiger partial charge is 0.451 e. The van der Waals surface area contributed by atoms with E-state index in [1.165, 1.54) is 20.5 Å². The molecule has 27 heavy (non-hydrogen) atoms. The average Bonchev–Trinajstić information content (AvgIpc) is 3.21. The molecule has 0 aliphatic carbocycles. The number of ether oxygens (including phenoxy) is 1. The molecule has 1 amide bonds. The summed E-state index contributed by atoms with van der Waals surface area (Å²) in [6.45, 7) is 0.694. The van der Waals surface area contributed by atoms with E-state index < -0.39 is 16.0 Å². The number of piperazine rings is 1. The number of carbonyl (C=O) groups excluding carboxylic acids is 2. The number of rotatable bonds is 6. The maximum atomic E-state index is 12.5. The summed E-state index contributed by atoms with van der Waals surface area (Å²) in [4.78, 5) is 26.0. The molecule has 0 bridgehead atoms. The quantitative estimate of drug-likeness (QED) is 0.678. The average molecular weight is 409 g/mol. The molecule has 2 aromatic rings. The molecule has 0 spiro atoms. The van der Waals surface area contributed by atoms with E-state index in [2.05, 4.69) is 0 Å². The van der Waals surface area contributed by atoms with Crippen molar-refractivity contribution in [3.05, 3.63) is 58.3 Å². The van der Waals surface area contributed by atoms with E-state index in [1.807, 2.05) is 6.07 Å². The van der Waals surface area contributed by atoms with E-state index in [9.17, 15) is 18.0 Å². The van der Waals surface area contributed by atoms with E-state index in [-0.39, 0.29) is 44.4 Å². The van der Waals surface area contributed by atoms with Crippen LogP contribution >= 0.6 is 11.3 Å². The predicted octanol–water partition coefficient (Wildman–Crippen LogP) is 1.58. The van der Waals surface area contributed by atoms with Gasteiger partial charge < -0.3 is 9.64 Å². The molecule has 1 aliphatic heterocycles. The second-order valence-corrected chi connectivity index (χ2v) is 8.99. The third-order valence-corrected chi connectivity index (χ3v) is 6.93. The second-order valence-electron chi connectivity index (χ2n) is 6.08. The van der Waals surface area contributed by atoms with Gasteiger partial charge in [-0.1, -0.05) is 36.4 Å². The SMILES string of the molecule is O=C(OCC(=O)N1CCN(S(=O)(=O)Cc2ccccc2)CC1)c1cccs1. The first-order chi connectivity index (χ1) is 13.0. The van der Waals surface area contributed by atoms with Gasteiger partial charge in [0.05, 0.1) is 5.75 Å². The summed E-state index contributed by atoms with van der Waals surface area (Å²) in [5.74, 6) is -0.900. The zero-order chi connectivity index (χ0) is 19.3. The van der Waals surface area contributed by atoms with Crippen LogP contribution in [0.15, 0.2) is 47.8 Å². The normalized spacial score (nSPS) is 15.5. The lowest BCUT2D eigenvalue weighted by Gasteiger charge is -2.33. The Labute approximate surface area is 162 Å². The van der Waals surface area contributed by atoms with Crippen molar-refractivity contribution in [2.24, 2.45) is 0 Å². The Morgan fingerprint density at radius 3 is 2.33 bits per heavy atom. The van der Waals surface area contributed by atoms with Crippen molar-refractivity contribution < 1.29 is 22.7 Å². The number of hydrogen-bond acceptors (Lipinski definition) is 6. The van der Waals surface area contributed by atoms with Gasteiger partial charge in [-0.25, -0.2) is 13.2 Å². The molecular formula is C18H20N2O5S2. The van der Waals surface area contributed by atoms with Gasteiger partial charge in [-0.15, -0.1) is 11.3 Å². The van der Waals surface area contributed by atoms with Gasteiger partial charge in [0.25, 0.3) is 5.91 Å². The topological polar surface area (TPSA) is 84.0 Å². The summed E-state index contributed by atoms with van der Waals surface area (Å²) in [5, 5.41) is 1.76. The van der Waals surface area contributed by atoms with Gasteiger partial charge in [0.2, 0.25) is 10.0 Å². The van der Waals surface area contributed by atoms with Gasteiger partial charge in [-0.2, -0.15) is 4.31 Å². The summed E-state index contributed by atoms with van der Waals surface area (Å²) in [7, 11) is -3.43. The maximum absolute atomic E-state index is 12.5. The van der Waals surface area contributed by atoms with Crippen LogP contribution in [-0.2, 0) is 25.3 Å². The molecule has 1 aliphatic rings. The minimum Gasteiger partial charge on any atom is -0.451 e. The number of amides is 1. The molecule has 1 aromatic heterocycles. The number of nitrogens with zero attached hydrogens (tertiary/aromatic N) is 2. The Morgan fingerprint density at radius 2 is 1.70 bits per heavy atom. The number of thiophene rings is 1. The fourth-order valence-corrected chi connectivity index (χ4v) is 4.91. The third-order valence-electron chi connectivity index (χ3n) is 4.23. The highest BCUT2D eigenvalue weighted by atomic mass is 32.2. The van der Waals surface area contributed by atoms with Crippen LogP contribution in [0.25, 0.3) is 0 Å². The fraction of sp³-hybridized carbons (Fsp3) is 0.333. The molecule has 0 unspecified atom stereocenters. The van der Waals surface area contributed by atoms with Crippen LogP contribution in [0.5, 0.6) is 0 Å². The monoisotopic (exact) mass is 408 g/mol. The summed E-state index contributed by atoms with van der Waals surface area (Å²) < 4.78 is 31.5. The minimum atomic E-state index is -3.43. The lowest BCUT2D eigenvalue weighted by molar-refractivity contribution is -0.135. The van der Waals surface area contributed by atoms with Crippen molar-refractivity contribution in [2.75, 3.05) is 32.8 Å². The smallest absolute Gasteiger partial charge is 0.348 e. The highest BCUT2D eigenvalue weighted by Gasteiger charge is 2.29. The van der Waals surface area contributed by atoms with Crippen LogP contribution in [0.2, 0.25) is 0 Å². The molecule has 1 fully saturated rings. The van der Waals surface area contributed by atoms with Crippen LogP contribution in [-0.4, -0.2) is 62.3 Å². The highest BCUT2D eigenvalue weighted by Crippen LogP contribution is 2.14. The Bertz CT molecular complexity index is 874. The summed E-state index contributed by atoms with van der Waals surface area (Å²) in [6.07, 6.45) is 0. The van der Waals surface area contributed by atoms with Gasteiger partial charge in [0, 0.05) is 26.2 Å². The van der Waals surface area contributed by atoms with E-state index >= 15 is 0 Å². The second kappa shape index (κ2) is 8.64. The molecule has 7 nitrogen and oxygen atoms in total. The number of sulfonamides is 1. The number of benzene rings is 1. The molecule has 0 saturated carbocycles. The van der Waals surface area contributed by atoms with Crippen LogP contribution < -0.4 is 0 Å². The van der Waals surface area contributed by atoms with E-state index in [0.29, 0.717) is 4.88 Å². The highest BCUT2D eigenvalue weighted by molar-refractivity contribution is 7.88. The lowest BCUT2D eigenvalue weighted by Crippen LogP contribution is -2.51. The van der Waals surface area contributed by atoms with Crippen molar-refractivity contribution in [1.29, 1.82) is 0 Å². The van der Waals surface area contributed by atoms with Crippen molar-refractivity contribution in [1.82, 2.24) is 9.21 Å². The van der Waals surface area contributed by atoms with E-state index in [1.54, 1.807) is 41.8 Å². The van der Waals surface area contributed by atoms with E-state index in [0.717, 1.165) is 5.56 Å². The number of carbonyl (C=O) groups is 2. The fourth-order valence-electron chi connectivity index (χ4n) is 2.78. The van der Waals surface area contributed by atoms with Crippen LogP contribution in [0, 0.1) is 0 Å². The zero-order valence-corrected chi connectivity index (χ0v) is 16.2. The Morgan fingerprint density at radius 1 is 1.00 bits per heavy atom. The van der Waals surface area contributed by atoms with Gasteiger partial charge in [-0.05, 0) is 17.0 Å². The standard InChI is InChI=1S/C18H20N2O5S2/c21-17(13-25-18(22)16-7-4-12-26-16)19-8-10-20(11-9-19)27(23,24)14-15-5-2-1-3-6-15/h1-7,12H,8-11,13-14H2. The summed E-state index contributed by atoms with van der Waals surface area (Å²) in [6, 6.07) is 12.4. The molecule has 0 N–H and O–H groups in total. The lowest BCUT2D eigenvalue weighted by atomic mass is 10.2. The summed E-state index contributed by atoms with van der Waals surface area (Å²) in [5.41, 5.74) is 0.733. The van der Waals surface area contributed by atoms with Crippen molar-refractivity contribution in [3.8, 4) is 0 Å². The zero-order valence-electron chi connectivity index (χ0n) is 14.6. The Kier molecular flexibility index (Phi) is 6.25. The molecule has 0 radical (unpaired) electrons. The van der Waals surface area contributed by atoms with Crippen LogP contribution in [0.1, 0.15) is 15.2 Å². The van der Waals surface area contributed by atoms with Crippen molar-refractivity contribution in [3.63, 3.8) is 0 Å². The molecule has 144 valence electrons. The first kappa shape index (κ1) is 19.5. The molecule has 1 saturated heterocycles. The van der Waals surface area contributed by atoms with Gasteiger partial charge >= 0.3 is 5.97 Å². The minimum absolute atomic E-state index is 0.0553. The molecule has 1 aromatic carbocycles. The number of hydrogen-bond donors (Lipinski definition) is 0. The van der Waals surface area contributed by atoms with Crippen molar-refractivity contribution >= 4 is 33.2 Å². The number of esters is 1. The van der Waals surface area contributed by atoms with Gasteiger partial charge in [0.1, 0.15) is 4.88 Å². The third kappa shape index (κ3) is 5.15. The maximum Gasteiger partial charge on any atom is 0.348 e. The Balaban J connectivity index is 1.48. The molecule has 2 heterocycles. The summed E-state index contributed by atoms with van der Waals surface area (Å²) >= 11 is 1.25. The van der Waals surface area contributed by atoms with E-state index in [4.69, 9.17) is 4.74 Å². The first-order valence-electron chi connectivity index (χ1n) is 8.46. The molecular weight excluding hydrogens is 388 g/mol. The predicted molar refractivity (Wildman–Crippen MR) is 102 cm³/mol.